The predicted molar refractivity (Wildman–Crippen MR) is 163 cm³/mol. The highest BCUT2D eigenvalue weighted by molar-refractivity contribution is 6.14. The molecule has 0 amide bonds. The monoisotopic (exact) mass is 488 g/mol. The minimum Gasteiger partial charge on any atom is -0.309 e. The molecule has 6 aromatic rings. The molecule has 1 heterocycles. The molecule has 2 nitrogen and oxygen atoms in total. The summed E-state index contributed by atoms with van der Waals surface area (Å²) in [4.78, 5) is 4.95. The standard InChI is InChI=1S/C36H28N2/c1-26(25-34(30-15-7-4-8-16-30)37-27(2)29-13-5-3-6-14-29)28-21-23-31(24-22-28)38-35-19-11-9-17-32(35)33-18-10-12-20-36(33)38/h3-25H,2H2,1H3/b26-25+,37-34?. The van der Waals surface area contributed by atoms with Crippen LogP contribution in [0.3, 0.4) is 0 Å². The van der Waals surface area contributed by atoms with Gasteiger partial charge in [0, 0.05) is 22.0 Å². The first kappa shape index (κ1) is 23.4. The molecular weight excluding hydrogens is 460 g/mol. The molecule has 0 saturated carbocycles. The maximum absolute atomic E-state index is 4.95. The fourth-order valence-corrected chi connectivity index (χ4v) is 4.99. The molecule has 0 saturated heterocycles. The molecule has 0 bridgehead atoms. The van der Waals surface area contributed by atoms with E-state index < -0.39 is 0 Å². The fraction of sp³-hybridized carbons (Fsp3) is 0.0278. The third-order valence-corrected chi connectivity index (χ3v) is 6.95. The van der Waals surface area contributed by atoms with Crippen LogP contribution in [0.5, 0.6) is 0 Å². The van der Waals surface area contributed by atoms with Gasteiger partial charge in [-0.3, -0.25) is 0 Å². The Morgan fingerprint density at radius 3 is 1.66 bits per heavy atom. The fourth-order valence-electron chi connectivity index (χ4n) is 4.99. The summed E-state index contributed by atoms with van der Waals surface area (Å²) in [5.41, 5.74) is 9.59. The third-order valence-electron chi connectivity index (χ3n) is 6.95. The van der Waals surface area contributed by atoms with E-state index in [4.69, 9.17) is 4.99 Å². The van der Waals surface area contributed by atoms with Crippen LogP contribution in [0.4, 0.5) is 0 Å². The van der Waals surface area contributed by atoms with Gasteiger partial charge in [0.2, 0.25) is 0 Å². The van der Waals surface area contributed by atoms with Gasteiger partial charge in [0.15, 0.2) is 0 Å². The van der Waals surface area contributed by atoms with E-state index in [-0.39, 0.29) is 0 Å². The van der Waals surface area contributed by atoms with Crippen LogP contribution in [-0.2, 0) is 0 Å². The molecule has 2 heteroatoms. The Morgan fingerprint density at radius 1 is 0.579 bits per heavy atom. The number of benzene rings is 5. The molecule has 38 heavy (non-hydrogen) atoms. The van der Waals surface area contributed by atoms with Crippen LogP contribution in [-0.4, -0.2) is 10.3 Å². The van der Waals surface area contributed by atoms with Gasteiger partial charge in [-0.1, -0.05) is 116 Å². The minimum absolute atomic E-state index is 0.746. The summed E-state index contributed by atoms with van der Waals surface area (Å²) in [6.07, 6.45) is 2.15. The van der Waals surface area contributed by atoms with E-state index in [0.29, 0.717) is 0 Å². The van der Waals surface area contributed by atoms with Crippen molar-refractivity contribution in [3.05, 3.63) is 163 Å². The van der Waals surface area contributed by atoms with Gasteiger partial charge in [0.05, 0.1) is 22.4 Å². The van der Waals surface area contributed by atoms with Crippen molar-refractivity contribution in [3.8, 4) is 5.69 Å². The van der Waals surface area contributed by atoms with Crippen LogP contribution in [0.2, 0.25) is 0 Å². The average Bonchev–Trinajstić information content (AvgIpc) is 3.32. The van der Waals surface area contributed by atoms with Crippen LogP contribution in [0.15, 0.2) is 151 Å². The lowest BCUT2D eigenvalue weighted by Crippen LogP contribution is -1.99. The largest absolute Gasteiger partial charge is 0.309 e. The molecule has 0 radical (unpaired) electrons. The minimum atomic E-state index is 0.746. The number of nitrogens with zero attached hydrogens (tertiary/aromatic N) is 2. The normalized spacial score (nSPS) is 12.2. The summed E-state index contributed by atoms with van der Waals surface area (Å²) in [6, 6.07) is 46.4. The predicted octanol–water partition coefficient (Wildman–Crippen LogP) is 9.35. The topological polar surface area (TPSA) is 17.3 Å². The molecule has 0 N–H and O–H groups in total. The summed E-state index contributed by atoms with van der Waals surface area (Å²) >= 11 is 0. The highest BCUT2D eigenvalue weighted by Gasteiger charge is 2.11. The lowest BCUT2D eigenvalue weighted by atomic mass is 10.0. The third kappa shape index (κ3) is 4.49. The van der Waals surface area contributed by atoms with Gasteiger partial charge < -0.3 is 4.57 Å². The lowest BCUT2D eigenvalue weighted by molar-refractivity contribution is 1.18. The number of fused-ring (bicyclic) bond motifs is 3. The maximum atomic E-state index is 4.95. The SMILES string of the molecule is C=C(N=C(/C=C(\C)c1ccc(-n2c3ccccc3c3ccccc32)cc1)c1ccccc1)c1ccccc1. The van der Waals surface area contributed by atoms with Gasteiger partial charge in [-0.15, -0.1) is 0 Å². The Bertz CT molecular complexity index is 1750. The number of aliphatic imine (C=N–C) groups is 1. The number of rotatable bonds is 6. The Hall–Kier alpha value is -4.95. The molecule has 0 fully saturated rings. The van der Waals surface area contributed by atoms with E-state index in [1.165, 1.54) is 21.8 Å². The van der Waals surface area contributed by atoms with Crippen LogP contribution < -0.4 is 0 Å². The van der Waals surface area contributed by atoms with Crippen molar-refractivity contribution in [3.63, 3.8) is 0 Å². The van der Waals surface area contributed by atoms with Crippen molar-refractivity contribution in [2.75, 3.05) is 0 Å². The van der Waals surface area contributed by atoms with E-state index in [1.54, 1.807) is 0 Å². The molecule has 182 valence electrons. The van der Waals surface area contributed by atoms with Crippen molar-refractivity contribution in [1.29, 1.82) is 0 Å². The lowest BCUT2D eigenvalue weighted by Gasteiger charge is -2.10. The van der Waals surface area contributed by atoms with Crippen molar-refractivity contribution in [2.24, 2.45) is 4.99 Å². The Morgan fingerprint density at radius 2 is 1.08 bits per heavy atom. The van der Waals surface area contributed by atoms with E-state index >= 15 is 0 Å². The Labute approximate surface area is 223 Å². The van der Waals surface area contributed by atoms with E-state index in [1.807, 2.05) is 48.5 Å². The van der Waals surface area contributed by atoms with Crippen LogP contribution in [0.25, 0.3) is 38.8 Å². The highest BCUT2D eigenvalue weighted by atomic mass is 15.0. The van der Waals surface area contributed by atoms with Crippen molar-refractivity contribution < 1.29 is 0 Å². The number of para-hydroxylation sites is 2. The Balaban J connectivity index is 1.39. The number of aromatic nitrogens is 1. The molecule has 0 unspecified atom stereocenters. The molecular formula is C36H28N2. The molecule has 0 atom stereocenters. The quantitative estimate of drug-likeness (QED) is 0.208. The van der Waals surface area contributed by atoms with Gasteiger partial charge >= 0.3 is 0 Å². The molecule has 0 spiro atoms. The van der Waals surface area contributed by atoms with Crippen LogP contribution >= 0.6 is 0 Å². The van der Waals surface area contributed by atoms with E-state index in [9.17, 15) is 0 Å². The first-order chi connectivity index (χ1) is 18.7. The second kappa shape index (κ2) is 10.2. The highest BCUT2D eigenvalue weighted by Crippen LogP contribution is 2.32. The first-order valence-electron chi connectivity index (χ1n) is 12.8. The molecule has 0 aliphatic rings. The summed E-state index contributed by atoms with van der Waals surface area (Å²) in [6.45, 7) is 6.38. The van der Waals surface area contributed by atoms with E-state index in [2.05, 4.69) is 109 Å². The zero-order chi connectivity index (χ0) is 25.9. The Kier molecular flexibility index (Phi) is 6.29. The van der Waals surface area contributed by atoms with Gasteiger partial charge in [0.25, 0.3) is 0 Å². The summed E-state index contributed by atoms with van der Waals surface area (Å²) in [7, 11) is 0. The van der Waals surface area contributed by atoms with Gasteiger partial charge in [-0.25, -0.2) is 4.99 Å². The number of hydrogen-bond acceptors (Lipinski definition) is 1. The molecule has 6 rings (SSSR count). The summed E-state index contributed by atoms with van der Waals surface area (Å²) in [5, 5.41) is 2.54. The van der Waals surface area contributed by atoms with E-state index in [0.717, 1.165) is 39.4 Å². The molecule has 5 aromatic carbocycles. The summed E-state index contributed by atoms with van der Waals surface area (Å²) in [5.74, 6) is 0. The molecule has 0 aliphatic heterocycles. The smallest absolute Gasteiger partial charge is 0.0712 e. The van der Waals surface area contributed by atoms with Crippen molar-refractivity contribution >= 4 is 38.8 Å². The van der Waals surface area contributed by atoms with Crippen LogP contribution in [0, 0.1) is 0 Å². The second-order valence-electron chi connectivity index (χ2n) is 9.42. The van der Waals surface area contributed by atoms with Crippen molar-refractivity contribution in [1.82, 2.24) is 4.57 Å². The zero-order valence-electron chi connectivity index (χ0n) is 21.4. The second-order valence-corrected chi connectivity index (χ2v) is 9.42. The van der Waals surface area contributed by atoms with Gasteiger partial charge in [-0.05, 0) is 54.0 Å². The zero-order valence-corrected chi connectivity index (χ0v) is 21.4. The number of allylic oxidation sites excluding steroid dienone is 2. The van der Waals surface area contributed by atoms with Crippen LogP contribution in [0.1, 0.15) is 23.6 Å². The van der Waals surface area contributed by atoms with Crippen molar-refractivity contribution in [2.45, 2.75) is 6.92 Å². The summed E-state index contributed by atoms with van der Waals surface area (Å²) < 4.78 is 2.34. The maximum Gasteiger partial charge on any atom is 0.0712 e. The van der Waals surface area contributed by atoms with Gasteiger partial charge in [-0.2, -0.15) is 0 Å². The molecule has 1 aromatic heterocycles. The average molecular weight is 489 g/mol. The number of hydrogen-bond donors (Lipinski definition) is 0. The van der Waals surface area contributed by atoms with Gasteiger partial charge in [0.1, 0.15) is 0 Å². The molecule has 0 aliphatic carbocycles. The first-order valence-corrected chi connectivity index (χ1v) is 12.8.